The Hall–Kier alpha value is -3.02. The van der Waals surface area contributed by atoms with E-state index in [4.69, 9.17) is 9.47 Å². The zero-order valence-electron chi connectivity index (χ0n) is 18.4. The second-order valence-corrected chi connectivity index (χ2v) is 7.12. The summed E-state index contributed by atoms with van der Waals surface area (Å²) in [5.41, 5.74) is 4.35. The summed E-state index contributed by atoms with van der Waals surface area (Å²) in [7, 11) is 7.08. The van der Waals surface area contributed by atoms with Crippen LogP contribution in [0.15, 0.2) is 35.3 Å². The van der Waals surface area contributed by atoms with Crippen LogP contribution in [0.3, 0.4) is 0 Å². The number of likely N-dealkylation sites (N-methyl/N-ethyl adjacent to an activating group) is 1. The van der Waals surface area contributed by atoms with E-state index in [0.29, 0.717) is 17.1 Å². The minimum absolute atomic E-state index is 0.0519. The molecule has 0 saturated heterocycles. The van der Waals surface area contributed by atoms with Crippen LogP contribution in [0.25, 0.3) is 0 Å². The number of methoxy groups -OCH3 is 2. The number of benzene rings is 2. The summed E-state index contributed by atoms with van der Waals surface area (Å²) < 4.78 is 10.6. The van der Waals surface area contributed by atoms with Gasteiger partial charge in [-0.25, -0.2) is 4.99 Å². The second kappa shape index (κ2) is 9.96. The number of ketones is 1. The molecule has 0 amide bonds. The standard InChI is InChI=1S/C23H31N3O3/c1-8-25(4)15-24-22-10-16(2)21(9-17(22)3)23(27)14-26(5)18-11-19(28-6)13-20(12-18)29-7/h9-13,15H,8,14H2,1-7H3. The molecule has 0 bridgehead atoms. The molecule has 0 N–H and O–H groups in total. The summed E-state index contributed by atoms with van der Waals surface area (Å²) in [5, 5.41) is 0. The molecule has 0 spiro atoms. The molecule has 0 radical (unpaired) electrons. The van der Waals surface area contributed by atoms with Crippen molar-refractivity contribution in [2.45, 2.75) is 20.8 Å². The zero-order valence-corrected chi connectivity index (χ0v) is 18.4. The Balaban J connectivity index is 2.22. The van der Waals surface area contributed by atoms with Gasteiger partial charge in [0.05, 0.1) is 32.8 Å². The van der Waals surface area contributed by atoms with E-state index in [-0.39, 0.29) is 12.3 Å². The number of carbonyl (C=O) groups is 1. The normalized spacial score (nSPS) is 10.9. The van der Waals surface area contributed by atoms with Crippen molar-refractivity contribution in [3.05, 3.63) is 47.0 Å². The van der Waals surface area contributed by atoms with E-state index in [9.17, 15) is 4.79 Å². The van der Waals surface area contributed by atoms with Crippen LogP contribution in [-0.2, 0) is 0 Å². The molecule has 0 unspecified atom stereocenters. The number of anilines is 1. The minimum atomic E-state index is 0.0519. The maximum absolute atomic E-state index is 13.0. The summed E-state index contributed by atoms with van der Waals surface area (Å²) in [6.07, 6.45) is 1.81. The van der Waals surface area contributed by atoms with Gasteiger partial charge in [0.15, 0.2) is 5.78 Å². The Morgan fingerprint density at radius 1 is 1.00 bits per heavy atom. The number of aryl methyl sites for hydroxylation is 2. The molecule has 2 rings (SSSR count). The fraction of sp³-hybridized carbons (Fsp3) is 0.391. The Kier molecular flexibility index (Phi) is 7.65. The lowest BCUT2D eigenvalue weighted by Crippen LogP contribution is -2.26. The largest absolute Gasteiger partial charge is 0.497 e. The van der Waals surface area contributed by atoms with Gasteiger partial charge in [0, 0.05) is 50.1 Å². The highest BCUT2D eigenvalue weighted by Gasteiger charge is 2.15. The molecule has 2 aromatic rings. The van der Waals surface area contributed by atoms with Gasteiger partial charge < -0.3 is 19.3 Å². The summed E-state index contributed by atoms with van der Waals surface area (Å²) in [6, 6.07) is 9.47. The molecule has 0 aliphatic heterocycles. The third-order valence-electron chi connectivity index (χ3n) is 4.89. The molecule has 0 atom stereocenters. The summed E-state index contributed by atoms with van der Waals surface area (Å²) in [6.45, 7) is 7.13. The van der Waals surface area contributed by atoms with E-state index < -0.39 is 0 Å². The minimum Gasteiger partial charge on any atom is -0.497 e. The number of hydrogen-bond acceptors (Lipinski definition) is 5. The first-order valence-corrected chi connectivity index (χ1v) is 9.62. The molecular formula is C23H31N3O3. The molecule has 2 aromatic carbocycles. The quantitative estimate of drug-likeness (QED) is 0.360. The van der Waals surface area contributed by atoms with Crippen molar-refractivity contribution in [2.75, 3.05) is 46.3 Å². The van der Waals surface area contributed by atoms with Crippen molar-refractivity contribution in [3.63, 3.8) is 0 Å². The monoisotopic (exact) mass is 397 g/mol. The van der Waals surface area contributed by atoms with Gasteiger partial charge in [-0.1, -0.05) is 0 Å². The maximum Gasteiger partial charge on any atom is 0.182 e. The summed E-state index contributed by atoms with van der Waals surface area (Å²) in [5.74, 6) is 1.42. The zero-order chi connectivity index (χ0) is 21.6. The van der Waals surface area contributed by atoms with Crippen LogP contribution in [-0.4, -0.2) is 58.4 Å². The lowest BCUT2D eigenvalue weighted by Gasteiger charge is -2.21. The van der Waals surface area contributed by atoms with Gasteiger partial charge in [0.2, 0.25) is 0 Å². The maximum atomic E-state index is 13.0. The number of carbonyl (C=O) groups excluding carboxylic acids is 1. The SMILES string of the molecule is CCN(C)C=Nc1cc(C)c(C(=O)CN(C)c2cc(OC)cc(OC)c2)cc1C. The predicted octanol–water partition coefficient (Wildman–Crippen LogP) is 4.25. The average Bonchev–Trinajstić information content (AvgIpc) is 2.72. The van der Waals surface area contributed by atoms with Crippen LogP contribution in [0.1, 0.15) is 28.4 Å². The first-order chi connectivity index (χ1) is 13.8. The van der Waals surface area contributed by atoms with Gasteiger partial charge in [0.25, 0.3) is 0 Å². The number of rotatable bonds is 9. The van der Waals surface area contributed by atoms with Gasteiger partial charge in [-0.2, -0.15) is 0 Å². The fourth-order valence-electron chi connectivity index (χ4n) is 2.89. The Bertz CT molecular complexity index is 871. The van der Waals surface area contributed by atoms with E-state index in [1.165, 1.54) is 0 Å². The molecule has 0 aromatic heterocycles. The molecule has 0 aliphatic rings. The van der Waals surface area contributed by atoms with Gasteiger partial charge >= 0.3 is 0 Å². The van der Waals surface area contributed by atoms with Crippen molar-refractivity contribution >= 4 is 23.5 Å². The number of hydrogen-bond donors (Lipinski definition) is 0. The molecule has 156 valence electrons. The Morgan fingerprint density at radius 3 is 2.17 bits per heavy atom. The van der Waals surface area contributed by atoms with Gasteiger partial charge in [-0.05, 0) is 44.0 Å². The third-order valence-corrected chi connectivity index (χ3v) is 4.89. The van der Waals surface area contributed by atoms with Crippen molar-refractivity contribution in [1.82, 2.24) is 4.90 Å². The number of Topliss-reactive ketones (excluding diaryl/α,β-unsaturated/α-hetero) is 1. The molecule has 0 heterocycles. The lowest BCUT2D eigenvalue weighted by atomic mass is 10.00. The smallest absolute Gasteiger partial charge is 0.182 e. The van der Waals surface area contributed by atoms with Crippen LogP contribution in [0.2, 0.25) is 0 Å². The number of nitrogens with zero attached hydrogens (tertiary/aromatic N) is 3. The molecule has 6 heteroatoms. The molecule has 0 saturated carbocycles. The number of aliphatic imine (C=N–C) groups is 1. The molecule has 0 aliphatic carbocycles. The lowest BCUT2D eigenvalue weighted by molar-refractivity contribution is 0.0999. The molecule has 29 heavy (non-hydrogen) atoms. The predicted molar refractivity (Wildman–Crippen MR) is 120 cm³/mol. The van der Waals surface area contributed by atoms with E-state index in [1.807, 2.05) is 74.4 Å². The molecular weight excluding hydrogens is 366 g/mol. The first kappa shape index (κ1) is 22.3. The Labute approximate surface area is 173 Å². The topological polar surface area (TPSA) is 54.4 Å². The third kappa shape index (κ3) is 5.73. The number of ether oxygens (including phenoxy) is 2. The van der Waals surface area contributed by atoms with Crippen molar-refractivity contribution < 1.29 is 14.3 Å². The van der Waals surface area contributed by atoms with Gasteiger partial charge in [0.1, 0.15) is 11.5 Å². The summed E-state index contributed by atoms with van der Waals surface area (Å²) >= 11 is 0. The highest BCUT2D eigenvalue weighted by Crippen LogP contribution is 2.28. The van der Waals surface area contributed by atoms with Crippen LogP contribution in [0.4, 0.5) is 11.4 Å². The summed E-state index contributed by atoms with van der Waals surface area (Å²) in [4.78, 5) is 21.4. The first-order valence-electron chi connectivity index (χ1n) is 9.62. The van der Waals surface area contributed by atoms with Crippen molar-refractivity contribution in [2.24, 2.45) is 4.99 Å². The van der Waals surface area contributed by atoms with Crippen molar-refractivity contribution in [3.8, 4) is 11.5 Å². The van der Waals surface area contributed by atoms with E-state index in [2.05, 4.69) is 11.9 Å². The van der Waals surface area contributed by atoms with Gasteiger partial charge in [-0.3, -0.25) is 4.79 Å². The van der Waals surface area contributed by atoms with Crippen LogP contribution >= 0.6 is 0 Å². The van der Waals surface area contributed by atoms with E-state index >= 15 is 0 Å². The highest BCUT2D eigenvalue weighted by atomic mass is 16.5. The highest BCUT2D eigenvalue weighted by molar-refractivity contribution is 6.01. The molecule has 6 nitrogen and oxygen atoms in total. The van der Waals surface area contributed by atoms with Crippen molar-refractivity contribution in [1.29, 1.82) is 0 Å². The Morgan fingerprint density at radius 2 is 1.62 bits per heavy atom. The average molecular weight is 398 g/mol. The van der Waals surface area contributed by atoms with E-state index in [1.54, 1.807) is 14.2 Å². The van der Waals surface area contributed by atoms with Crippen LogP contribution in [0.5, 0.6) is 11.5 Å². The molecule has 0 fully saturated rings. The van der Waals surface area contributed by atoms with Gasteiger partial charge in [-0.15, -0.1) is 0 Å². The fourth-order valence-corrected chi connectivity index (χ4v) is 2.89. The second-order valence-electron chi connectivity index (χ2n) is 7.12. The van der Waals surface area contributed by atoms with Crippen LogP contribution in [0, 0.1) is 13.8 Å². The van der Waals surface area contributed by atoms with Crippen LogP contribution < -0.4 is 14.4 Å². The van der Waals surface area contributed by atoms with E-state index in [0.717, 1.165) is 29.0 Å².